The molecule has 1 aliphatic heterocycles. The van der Waals surface area contributed by atoms with E-state index in [9.17, 15) is 14.9 Å². The number of nitrogens with one attached hydrogen (secondary N) is 1. The maximum atomic E-state index is 11.5. The highest BCUT2D eigenvalue weighted by molar-refractivity contribution is 5.95. The summed E-state index contributed by atoms with van der Waals surface area (Å²) in [7, 11) is 0. The third-order valence-corrected chi connectivity index (χ3v) is 4.88. The van der Waals surface area contributed by atoms with E-state index in [1.807, 2.05) is 25.1 Å². The van der Waals surface area contributed by atoms with Crippen LogP contribution in [0.5, 0.6) is 0 Å². The highest BCUT2D eigenvalue weighted by Gasteiger charge is 2.21. The van der Waals surface area contributed by atoms with E-state index in [0.717, 1.165) is 38.5 Å². The molecular weight excluding hydrogens is 358 g/mol. The normalized spacial score (nSPS) is 15.9. The van der Waals surface area contributed by atoms with Gasteiger partial charge in [-0.2, -0.15) is 0 Å². The number of ketones is 1. The molecule has 3 rings (SSSR count). The maximum Gasteiger partial charge on any atom is 0.293 e. The number of hydrogen-bond donors (Lipinski definition) is 1. The van der Waals surface area contributed by atoms with E-state index in [0.29, 0.717) is 11.3 Å². The first-order valence-electron chi connectivity index (χ1n) is 9.38. The van der Waals surface area contributed by atoms with Crippen LogP contribution in [-0.4, -0.2) is 59.4 Å². The average Bonchev–Trinajstić information content (AvgIpc) is 2.69. The Labute approximate surface area is 164 Å². The lowest BCUT2D eigenvalue weighted by Gasteiger charge is -2.36. The molecule has 1 aromatic heterocycles. The van der Waals surface area contributed by atoms with Crippen molar-refractivity contribution >= 4 is 23.0 Å². The zero-order chi connectivity index (χ0) is 20.1. The quantitative estimate of drug-likeness (QED) is 0.446. The van der Waals surface area contributed by atoms with Crippen LogP contribution in [0.4, 0.5) is 17.2 Å². The fourth-order valence-corrected chi connectivity index (χ4v) is 3.42. The van der Waals surface area contributed by atoms with Crippen molar-refractivity contribution in [3.8, 4) is 0 Å². The number of rotatable bonds is 7. The zero-order valence-corrected chi connectivity index (χ0v) is 16.2. The van der Waals surface area contributed by atoms with Crippen molar-refractivity contribution in [2.24, 2.45) is 0 Å². The Balaban J connectivity index is 1.57. The van der Waals surface area contributed by atoms with Crippen LogP contribution in [0.15, 0.2) is 42.6 Å². The number of Topliss-reactive ketones (excluding diaryl/α,β-unsaturated/α-hetero) is 1. The molecule has 28 heavy (non-hydrogen) atoms. The van der Waals surface area contributed by atoms with Gasteiger partial charge in [-0.1, -0.05) is 6.07 Å². The van der Waals surface area contributed by atoms with E-state index in [4.69, 9.17) is 0 Å². The van der Waals surface area contributed by atoms with Crippen LogP contribution in [-0.2, 0) is 0 Å². The van der Waals surface area contributed by atoms with Crippen molar-refractivity contribution in [1.29, 1.82) is 0 Å². The number of nitrogens with zero attached hydrogens (tertiary/aromatic N) is 4. The SMILES string of the molecule is CC(=O)c1ccc(NC(C)CN2CCN(c3ccccn3)CC2)c([N+](=O)[O-])c1. The summed E-state index contributed by atoms with van der Waals surface area (Å²) >= 11 is 0. The second-order valence-corrected chi connectivity index (χ2v) is 7.07. The van der Waals surface area contributed by atoms with Crippen molar-refractivity contribution in [2.75, 3.05) is 42.9 Å². The Morgan fingerprint density at radius 1 is 1.25 bits per heavy atom. The van der Waals surface area contributed by atoms with E-state index in [1.165, 1.54) is 13.0 Å². The van der Waals surface area contributed by atoms with Crippen LogP contribution in [0.3, 0.4) is 0 Å². The Bertz CT molecular complexity index is 835. The first-order chi connectivity index (χ1) is 13.4. The fourth-order valence-electron chi connectivity index (χ4n) is 3.42. The van der Waals surface area contributed by atoms with Gasteiger partial charge in [0.25, 0.3) is 5.69 Å². The maximum absolute atomic E-state index is 11.5. The molecule has 148 valence electrons. The van der Waals surface area contributed by atoms with Crippen molar-refractivity contribution in [3.05, 3.63) is 58.3 Å². The molecule has 2 heterocycles. The largest absolute Gasteiger partial charge is 0.376 e. The van der Waals surface area contributed by atoms with E-state index in [2.05, 4.69) is 20.1 Å². The summed E-state index contributed by atoms with van der Waals surface area (Å²) in [6.07, 6.45) is 1.80. The molecule has 1 unspecified atom stereocenters. The number of pyridine rings is 1. The molecule has 2 aromatic rings. The van der Waals surface area contributed by atoms with Crippen molar-refractivity contribution in [1.82, 2.24) is 9.88 Å². The molecule has 0 saturated carbocycles. The second kappa shape index (κ2) is 8.79. The molecule has 1 aliphatic rings. The van der Waals surface area contributed by atoms with E-state index in [-0.39, 0.29) is 17.5 Å². The summed E-state index contributed by atoms with van der Waals surface area (Å²) in [6, 6.07) is 10.5. The molecule has 8 heteroatoms. The van der Waals surface area contributed by atoms with Gasteiger partial charge in [-0.15, -0.1) is 0 Å². The molecule has 0 aliphatic carbocycles. The number of piperazine rings is 1. The van der Waals surface area contributed by atoms with Gasteiger partial charge < -0.3 is 10.2 Å². The first-order valence-corrected chi connectivity index (χ1v) is 9.38. The number of nitro groups is 1. The van der Waals surface area contributed by atoms with Gasteiger partial charge in [0.2, 0.25) is 0 Å². The Hall–Kier alpha value is -3.00. The van der Waals surface area contributed by atoms with Gasteiger partial charge in [-0.3, -0.25) is 19.8 Å². The minimum absolute atomic E-state index is 0.0308. The van der Waals surface area contributed by atoms with Gasteiger partial charge >= 0.3 is 0 Å². The third kappa shape index (κ3) is 4.83. The molecule has 1 saturated heterocycles. The molecule has 1 fully saturated rings. The fraction of sp³-hybridized carbons (Fsp3) is 0.400. The molecule has 0 spiro atoms. The molecule has 1 N–H and O–H groups in total. The number of nitro benzene ring substituents is 1. The number of benzene rings is 1. The Morgan fingerprint density at radius 3 is 2.61 bits per heavy atom. The number of hydrogen-bond acceptors (Lipinski definition) is 7. The van der Waals surface area contributed by atoms with Crippen LogP contribution >= 0.6 is 0 Å². The standard InChI is InChI=1S/C20H25N5O3/c1-15(22-18-7-6-17(16(2)26)13-19(18)25(27)28)14-23-9-11-24(12-10-23)20-5-3-4-8-21-20/h3-8,13,15,22H,9-12,14H2,1-2H3. The number of carbonyl (C=O) groups excluding carboxylic acids is 1. The predicted octanol–water partition coefficient (Wildman–Crippen LogP) is 2.82. The van der Waals surface area contributed by atoms with Crippen molar-refractivity contribution < 1.29 is 9.72 Å². The van der Waals surface area contributed by atoms with Crippen LogP contribution < -0.4 is 10.2 Å². The van der Waals surface area contributed by atoms with Gasteiger partial charge in [-0.05, 0) is 38.1 Å². The molecule has 0 bridgehead atoms. The van der Waals surface area contributed by atoms with Crippen LogP contribution in [0, 0.1) is 10.1 Å². The summed E-state index contributed by atoms with van der Waals surface area (Å²) in [4.78, 5) is 31.4. The van der Waals surface area contributed by atoms with E-state index in [1.54, 1.807) is 18.3 Å². The van der Waals surface area contributed by atoms with Crippen LogP contribution in [0.25, 0.3) is 0 Å². The molecule has 8 nitrogen and oxygen atoms in total. The number of anilines is 2. The summed E-state index contributed by atoms with van der Waals surface area (Å²) in [5, 5.41) is 14.6. The lowest BCUT2D eigenvalue weighted by Crippen LogP contribution is -2.49. The minimum Gasteiger partial charge on any atom is -0.376 e. The van der Waals surface area contributed by atoms with Crippen LogP contribution in [0.2, 0.25) is 0 Å². The highest BCUT2D eigenvalue weighted by Crippen LogP contribution is 2.26. The summed E-state index contributed by atoms with van der Waals surface area (Å²) < 4.78 is 0. The van der Waals surface area contributed by atoms with Crippen LogP contribution in [0.1, 0.15) is 24.2 Å². The highest BCUT2D eigenvalue weighted by atomic mass is 16.6. The lowest BCUT2D eigenvalue weighted by atomic mass is 10.1. The topological polar surface area (TPSA) is 91.6 Å². The molecule has 0 amide bonds. The average molecular weight is 383 g/mol. The zero-order valence-electron chi connectivity index (χ0n) is 16.2. The van der Waals surface area contributed by atoms with E-state index >= 15 is 0 Å². The Kier molecular flexibility index (Phi) is 6.20. The van der Waals surface area contributed by atoms with Crippen molar-refractivity contribution in [2.45, 2.75) is 19.9 Å². The van der Waals surface area contributed by atoms with Gasteiger partial charge in [0.1, 0.15) is 11.5 Å². The molecular formula is C20H25N5O3. The lowest BCUT2D eigenvalue weighted by molar-refractivity contribution is -0.384. The summed E-state index contributed by atoms with van der Waals surface area (Å²) in [5.74, 6) is 0.808. The second-order valence-electron chi connectivity index (χ2n) is 7.07. The Morgan fingerprint density at radius 2 is 2.00 bits per heavy atom. The third-order valence-electron chi connectivity index (χ3n) is 4.88. The molecule has 1 aromatic carbocycles. The minimum atomic E-state index is -0.451. The predicted molar refractivity (Wildman–Crippen MR) is 109 cm³/mol. The number of aromatic nitrogens is 1. The molecule has 0 radical (unpaired) electrons. The first kappa shape index (κ1) is 19.8. The van der Waals surface area contributed by atoms with Gasteiger partial charge in [0.15, 0.2) is 5.78 Å². The van der Waals surface area contributed by atoms with E-state index < -0.39 is 4.92 Å². The monoisotopic (exact) mass is 383 g/mol. The smallest absolute Gasteiger partial charge is 0.293 e. The number of carbonyl (C=O) groups is 1. The summed E-state index contributed by atoms with van der Waals surface area (Å²) in [5.41, 5.74) is 0.713. The van der Waals surface area contributed by atoms with Gasteiger partial charge in [-0.25, -0.2) is 4.98 Å². The van der Waals surface area contributed by atoms with Gasteiger partial charge in [0, 0.05) is 56.6 Å². The van der Waals surface area contributed by atoms with Gasteiger partial charge in [0.05, 0.1) is 4.92 Å². The summed E-state index contributed by atoms with van der Waals surface area (Å²) in [6.45, 7) is 7.81. The van der Waals surface area contributed by atoms with Crippen molar-refractivity contribution in [3.63, 3.8) is 0 Å². The molecule has 1 atom stereocenters.